The molecular weight excluding hydrogens is 407 g/mol. The van der Waals surface area contributed by atoms with Gasteiger partial charge in [0.25, 0.3) is 5.56 Å². The SMILES string of the molecule is O=C(Cc1ccccc1F)N1CCN(c2cnn(-c3ccccc3)c(=O)c2Cl)CC1. The number of halogens is 2. The first kappa shape index (κ1) is 20.1. The Hall–Kier alpha value is -3.19. The Labute approximate surface area is 178 Å². The number of hydrogen-bond donors (Lipinski definition) is 0. The highest BCUT2D eigenvalue weighted by Crippen LogP contribution is 2.23. The van der Waals surface area contributed by atoms with E-state index in [2.05, 4.69) is 5.10 Å². The molecule has 8 heteroatoms. The van der Waals surface area contributed by atoms with Crippen LogP contribution in [0, 0.1) is 5.82 Å². The van der Waals surface area contributed by atoms with Crippen LogP contribution in [0.5, 0.6) is 0 Å². The molecule has 0 saturated carbocycles. The van der Waals surface area contributed by atoms with E-state index < -0.39 is 5.56 Å². The van der Waals surface area contributed by atoms with Crippen molar-refractivity contribution in [1.29, 1.82) is 0 Å². The summed E-state index contributed by atoms with van der Waals surface area (Å²) in [6.07, 6.45) is 1.61. The van der Waals surface area contributed by atoms with Crippen molar-refractivity contribution in [1.82, 2.24) is 14.7 Å². The van der Waals surface area contributed by atoms with Gasteiger partial charge in [0, 0.05) is 26.2 Å². The topological polar surface area (TPSA) is 58.4 Å². The summed E-state index contributed by atoms with van der Waals surface area (Å²) in [7, 11) is 0. The Morgan fingerprint density at radius 1 is 1.00 bits per heavy atom. The molecular formula is C22H20ClFN4O2. The van der Waals surface area contributed by atoms with Crippen LogP contribution in [0.3, 0.4) is 0 Å². The number of para-hydroxylation sites is 1. The summed E-state index contributed by atoms with van der Waals surface area (Å²) in [5.41, 5.74) is 1.19. The molecule has 1 aromatic heterocycles. The van der Waals surface area contributed by atoms with Gasteiger partial charge in [-0.1, -0.05) is 48.0 Å². The van der Waals surface area contributed by atoms with Crippen molar-refractivity contribution in [3.63, 3.8) is 0 Å². The van der Waals surface area contributed by atoms with Gasteiger partial charge in [-0.05, 0) is 23.8 Å². The molecule has 1 saturated heterocycles. The molecule has 0 bridgehead atoms. The molecule has 1 amide bonds. The van der Waals surface area contributed by atoms with E-state index in [1.54, 1.807) is 41.4 Å². The number of piperazine rings is 1. The fourth-order valence-electron chi connectivity index (χ4n) is 3.51. The highest BCUT2D eigenvalue weighted by atomic mass is 35.5. The van der Waals surface area contributed by atoms with Gasteiger partial charge in [-0.15, -0.1) is 0 Å². The quantitative estimate of drug-likeness (QED) is 0.643. The number of carbonyl (C=O) groups excluding carboxylic acids is 1. The largest absolute Gasteiger partial charge is 0.365 e. The van der Waals surface area contributed by atoms with Crippen LogP contribution in [-0.2, 0) is 11.2 Å². The fraction of sp³-hybridized carbons (Fsp3) is 0.227. The molecule has 1 aliphatic rings. The maximum Gasteiger partial charge on any atom is 0.292 e. The van der Waals surface area contributed by atoms with Gasteiger partial charge in [0.1, 0.15) is 10.8 Å². The van der Waals surface area contributed by atoms with Crippen molar-refractivity contribution in [2.24, 2.45) is 0 Å². The highest BCUT2D eigenvalue weighted by molar-refractivity contribution is 6.33. The minimum atomic E-state index is -0.390. The zero-order valence-electron chi connectivity index (χ0n) is 16.2. The van der Waals surface area contributed by atoms with E-state index in [0.717, 1.165) is 0 Å². The van der Waals surface area contributed by atoms with E-state index in [0.29, 0.717) is 43.1 Å². The molecule has 2 aromatic carbocycles. The summed E-state index contributed by atoms with van der Waals surface area (Å²) in [5.74, 6) is -0.496. The summed E-state index contributed by atoms with van der Waals surface area (Å²) >= 11 is 6.37. The number of amides is 1. The van der Waals surface area contributed by atoms with Gasteiger partial charge in [-0.3, -0.25) is 9.59 Å². The molecule has 6 nitrogen and oxygen atoms in total. The first-order chi connectivity index (χ1) is 14.5. The smallest absolute Gasteiger partial charge is 0.292 e. The molecule has 0 unspecified atom stereocenters. The Bertz CT molecular complexity index is 1110. The van der Waals surface area contributed by atoms with Crippen molar-refractivity contribution in [2.45, 2.75) is 6.42 Å². The molecule has 1 fully saturated rings. The van der Waals surface area contributed by atoms with Crippen LogP contribution in [0.25, 0.3) is 5.69 Å². The van der Waals surface area contributed by atoms with Crippen LogP contribution in [-0.4, -0.2) is 46.8 Å². The molecule has 0 radical (unpaired) electrons. The minimum Gasteiger partial charge on any atom is -0.365 e. The lowest BCUT2D eigenvalue weighted by Gasteiger charge is -2.36. The minimum absolute atomic E-state index is 0.0299. The normalized spacial score (nSPS) is 14.1. The third-order valence-electron chi connectivity index (χ3n) is 5.17. The second kappa shape index (κ2) is 8.67. The van der Waals surface area contributed by atoms with E-state index in [1.165, 1.54) is 10.7 Å². The zero-order valence-corrected chi connectivity index (χ0v) is 16.9. The van der Waals surface area contributed by atoms with Crippen LogP contribution in [0.4, 0.5) is 10.1 Å². The lowest BCUT2D eigenvalue weighted by molar-refractivity contribution is -0.130. The number of anilines is 1. The van der Waals surface area contributed by atoms with Gasteiger partial charge in [0.2, 0.25) is 5.91 Å². The van der Waals surface area contributed by atoms with E-state index in [1.807, 2.05) is 23.1 Å². The van der Waals surface area contributed by atoms with Crippen LogP contribution < -0.4 is 10.5 Å². The number of benzene rings is 2. The first-order valence-electron chi connectivity index (χ1n) is 9.64. The Morgan fingerprint density at radius 2 is 1.67 bits per heavy atom. The number of nitrogens with zero attached hydrogens (tertiary/aromatic N) is 4. The first-order valence-corrected chi connectivity index (χ1v) is 10.0. The zero-order chi connectivity index (χ0) is 21.1. The van der Waals surface area contributed by atoms with Gasteiger partial charge < -0.3 is 9.80 Å². The van der Waals surface area contributed by atoms with E-state index in [4.69, 9.17) is 11.6 Å². The molecule has 0 spiro atoms. The highest BCUT2D eigenvalue weighted by Gasteiger charge is 2.24. The van der Waals surface area contributed by atoms with Crippen molar-refractivity contribution in [3.05, 3.63) is 87.6 Å². The fourth-order valence-corrected chi connectivity index (χ4v) is 3.76. The van der Waals surface area contributed by atoms with Crippen LogP contribution in [0.15, 0.2) is 65.6 Å². The Morgan fingerprint density at radius 3 is 2.37 bits per heavy atom. The molecule has 2 heterocycles. The van der Waals surface area contributed by atoms with Gasteiger partial charge in [-0.2, -0.15) is 9.78 Å². The van der Waals surface area contributed by atoms with Gasteiger partial charge in [0.15, 0.2) is 0 Å². The van der Waals surface area contributed by atoms with Crippen molar-refractivity contribution < 1.29 is 9.18 Å². The predicted octanol–water partition coefficient (Wildman–Crippen LogP) is 2.92. The second-order valence-electron chi connectivity index (χ2n) is 7.03. The van der Waals surface area contributed by atoms with E-state index in [-0.39, 0.29) is 23.2 Å². The van der Waals surface area contributed by atoms with E-state index in [9.17, 15) is 14.0 Å². The molecule has 1 aliphatic heterocycles. The van der Waals surface area contributed by atoms with Gasteiger partial charge in [-0.25, -0.2) is 4.39 Å². The monoisotopic (exact) mass is 426 g/mol. The average Bonchev–Trinajstić information content (AvgIpc) is 2.78. The van der Waals surface area contributed by atoms with Crippen LogP contribution in [0.2, 0.25) is 5.02 Å². The van der Waals surface area contributed by atoms with Crippen molar-refractivity contribution in [3.8, 4) is 5.69 Å². The summed E-state index contributed by atoms with van der Waals surface area (Å²) in [6.45, 7) is 1.95. The predicted molar refractivity (Wildman–Crippen MR) is 114 cm³/mol. The van der Waals surface area contributed by atoms with Crippen LogP contribution in [0.1, 0.15) is 5.56 Å². The van der Waals surface area contributed by atoms with Crippen molar-refractivity contribution in [2.75, 3.05) is 31.1 Å². The van der Waals surface area contributed by atoms with Crippen LogP contribution >= 0.6 is 11.6 Å². The number of rotatable bonds is 4. The molecule has 0 aliphatic carbocycles. The Kier molecular flexibility index (Phi) is 5.81. The maximum absolute atomic E-state index is 13.8. The molecule has 154 valence electrons. The van der Waals surface area contributed by atoms with Gasteiger partial charge >= 0.3 is 0 Å². The summed E-state index contributed by atoms with van der Waals surface area (Å²) < 4.78 is 15.1. The molecule has 30 heavy (non-hydrogen) atoms. The standard InChI is InChI=1S/C22H20ClFN4O2/c23-21-19(15-25-28(22(21)30)17-7-2-1-3-8-17)26-10-12-27(13-11-26)20(29)14-16-6-4-5-9-18(16)24/h1-9,15H,10-14H2. The Balaban J connectivity index is 1.44. The van der Waals surface area contributed by atoms with Crippen molar-refractivity contribution >= 4 is 23.2 Å². The number of hydrogen-bond acceptors (Lipinski definition) is 4. The maximum atomic E-state index is 13.8. The van der Waals surface area contributed by atoms with E-state index >= 15 is 0 Å². The summed E-state index contributed by atoms with van der Waals surface area (Å²) in [6, 6.07) is 15.4. The molecule has 0 atom stereocenters. The average molecular weight is 427 g/mol. The number of aromatic nitrogens is 2. The lowest BCUT2D eigenvalue weighted by atomic mass is 10.1. The number of carbonyl (C=O) groups is 1. The lowest BCUT2D eigenvalue weighted by Crippen LogP contribution is -2.49. The third kappa shape index (κ3) is 4.07. The molecule has 3 aromatic rings. The summed E-state index contributed by atoms with van der Waals surface area (Å²) in [5, 5.41) is 4.36. The molecule has 4 rings (SSSR count). The third-order valence-corrected chi connectivity index (χ3v) is 5.53. The van der Waals surface area contributed by atoms with Gasteiger partial charge in [0.05, 0.1) is 24.0 Å². The molecule has 0 N–H and O–H groups in total. The summed E-state index contributed by atoms with van der Waals surface area (Å²) in [4.78, 5) is 28.9. The second-order valence-corrected chi connectivity index (χ2v) is 7.41.